The molecule has 2 rings (SSSR count). The van der Waals surface area contributed by atoms with Crippen LogP contribution >= 0.6 is 0 Å². The zero-order valence-corrected chi connectivity index (χ0v) is 14.9. The molecule has 130 valence electrons. The van der Waals surface area contributed by atoms with Crippen molar-refractivity contribution in [3.05, 3.63) is 59.9 Å². The molecule has 0 saturated carbocycles. The summed E-state index contributed by atoms with van der Waals surface area (Å²) >= 11 is 0. The molecule has 5 heteroatoms. The maximum absolute atomic E-state index is 12.7. The summed E-state index contributed by atoms with van der Waals surface area (Å²) in [6.45, 7) is 5.86. The molecule has 1 atom stereocenters. The fourth-order valence-corrected chi connectivity index (χ4v) is 2.42. The lowest BCUT2D eigenvalue weighted by Gasteiger charge is -2.26. The lowest BCUT2D eigenvalue weighted by Crippen LogP contribution is -2.44. The second-order valence-electron chi connectivity index (χ2n) is 6.96. The van der Waals surface area contributed by atoms with Crippen molar-refractivity contribution in [1.82, 2.24) is 10.3 Å². The number of aromatic nitrogens is 1. The number of aryl methyl sites for hydroxylation is 1. The molecule has 5 nitrogen and oxygen atoms in total. The number of pyridine rings is 1. The highest BCUT2D eigenvalue weighted by molar-refractivity contribution is 5.86. The van der Waals surface area contributed by atoms with E-state index in [1.165, 1.54) is 0 Å². The van der Waals surface area contributed by atoms with Crippen molar-refractivity contribution >= 4 is 11.6 Å². The zero-order chi connectivity index (χ0) is 18.3. The van der Waals surface area contributed by atoms with E-state index in [9.17, 15) is 4.79 Å². The number of benzene rings is 1. The molecule has 0 spiro atoms. The van der Waals surface area contributed by atoms with Crippen LogP contribution in [0.25, 0.3) is 0 Å². The third kappa shape index (κ3) is 5.92. The van der Waals surface area contributed by atoms with Crippen LogP contribution in [0.5, 0.6) is 0 Å². The Morgan fingerprint density at radius 2 is 1.96 bits per heavy atom. The number of carbonyl (C=O) groups excluding carboxylic acids is 1. The molecule has 1 aromatic carbocycles. The number of nitrogens with one attached hydrogen (secondary N) is 2. The molecule has 1 aromatic heterocycles. The van der Waals surface area contributed by atoms with Crippen LogP contribution in [0.15, 0.2) is 48.8 Å². The Bertz CT molecular complexity index is 727. The number of hydrogen-bond donors (Lipinski definition) is 2. The van der Waals surface area contributed by atoms with Gasteiger partial charge in [-0.25, -0.2) is 0 Å². The summed E-state index contributed by atoms with van der Waals surface area (Å²) in [5, 5.41) is 15.0. The average Bonchev–Trinajstić information content (AvgIpc) is 2.58. The Hall–Kier alpha value is -2.87. The van der Waals surface area contributed by atoms with E-state index in [2.05, 4.69) is 21.7 Å². The van der Waals surface area contributed by atoms with Crippen molar-refractivity contribution in [1.29, 1.82) is 5.26 Å². The van der Waals surface area contributed by atoms with Crippen LogP contribution in [-0.4, -0.2) is 16.4 Å². The summed E-state index contributed by atoms with van der Waals surface area (Å²) in [6, 6.07) is 13.1. The van der Waals surface area contributed by atoms with Crippen molar-refractivity contribution < 1.29 is 4.79 Å². The highest BCUT2D eigenvalue weighted by Crippen LogP contribution is 2.21. The molecule has 0 unspecified atom stereocenters. The van der Waals surface area contributed by atoms with Crippen molar-refractivity contribution in [2.45, 2.75) is 45.2 Å². The van der Waals surface area contributed by atoms with E-state index < -0.39 is 6.04 Å². The lowest BCUT2D eigenvalue weighted by atomic mass is 10.0. The number of nitrogens with zero attached hydrogens (tertiary/aromatic N) is 2. The van der Waals surface area contributed by atoms with Gasteiger partial charge in [0.2, 0.25) is 5.91 Å². The quantitative estimate of drug-likeness (QED) is 0.845. The van der Waals surface area contributed by atoms with Crippen molar-refractivity contribution in [2.75, 3.05) is 5.32 Å². The topological polar surface area (TPSA) is 77.8 Å². The first kappa shape index (κ1) is 18.5. The number of amides is 1. The van der Waals surface area contributed by atoms with Gasteiger partial charge in [-0.1, -0.05) is 18.2 Å². The lowest BCUT2D eigenvalue weighted by molar-refractivity contribution is -0.123. The van der Waals surface area contributed by atoms with Gasteiger partial charge in [0, 0.05) is 35.6 Å². The molecule has 0 bridgehead atoms. The van der Waals surface area contributed by atoms with Crippen LogP contribution in [-0.2, 0) is 11.2 Å². The van der Waals surface area contributed by atoms with Crippen LogP contribution < -0.4 is 10.6 Å². The van der Waals surface area contributed by atoms with Crippen LogP contribution in [0.2, 0.25) is 0 Å². The molecule has 1 amide bonds. The minimum absolute atomic E-state index is 0.103. The first-order valence-corrected chi connectivity index (χ1v) is 8.33. The molecular weight excluding hydrogens is 312 g/mol. The largest absolute Gasteiger partial charge is 0.370 e. The van der Waals surface area contributed by atoms with Gasteiger partial charge in [-0.05, 0) is 51.0 Å². The molecule has 0 aliphatic rings. The molecule has 0 saturated heterocycles. The Balaban J connectivity index is 2.19. The van der Waals surface area contributed by atoms with Gasteiger partial charge in [-0.15, -0.1) is 0 Å². The normalized spacial score (nSPS) is 12.1. The molecular formula is C20H24N4O. The molecule has 25 heavy (non-hydrogen) atoms. The van der Waals surface area contributed by atoms with Crippen molar-refractivity contribution in [2.24, 2.45) is 0 Å². The summed E-state index contributed by atoms with van der Waals surface area (Å²) in [4.78, 5) is 16.9. The van der Waals surface area contributed by atoms with E-state index in [4.69, 9.17) is 5.26 Å². The highest BCUT2D eigenvalue weighted by atomic mass is 16.2. The van der Waals surface area contributed by atoms with Gasteiger partial charge in [0.15, 0.2) is 0 Å². The Kier molecular flexibility index (Phi) is 6.13. The number of rotatable bonds is 6. The zero-order valence-electron chi connectivity index (χ0n) is 14.9. The SMILES string of the molecule is CC(C)(C)NC(=O)[C@@H](Nc1ccc(CCC#N)cc1)c1cccnc1. The van der Waals surface area contributed by atoms with E-state index >= 15 is 0 Å². The van der Waals surface area contributed by atoms with Gasteiger partial charge in [0.1, 0.15) is 6.04 Å². The summed E-state index contributed by atoms with van der Waals surface area (Å²) in [5.41, 5.74) is 2.43. The smallest absolute Gasteiger partial charge is 0.247 e. The minimum Gasteiger partial charge on any atom is -0.370 e. The third-order valence-electron chi connectivity index (χ3n) is 3.57. The van der Waals surface area contributed by atoms with Crippen molar-refractivity contribution in [3.63, 3.8) is 0 Å². The first-order chi connectivity index (χ1) is 11.9. The van der Waals surface area contributed by atoms with Gasteiger partial charge in [0.05, 0.1) is 6.07 Å². The van der Waals surface area contributed by atoms with Gasteiger partial charge in [0.25, 0.3) is 0 Å². The maximum atomic E-state index is 12.7. The first-order valence-electron chi connectivity index (χ1n) is 8.33. The van der Waals surface area contributed by atoms with Gasteiger partial charge < -0.3 is 10.6 Å². The molecule has 1 heterocycles. The predicted molar refractivity (Wildman–Crippen MR) is 98.9 cm³/mol. The molecule has 0 fully saturated rings. The highest BCUT2D eigenvalue weighted by Gasteiger charge is 2.24. The summed E-state index contributed by atoms with van der Waals surface area (Å²) in [5.74, 6) is -0.103. The second-order valence-corrected chi connectivity index (χ2v) is 6.96. The summed E-state index contributed by atoms with van der Waals surface area (Å²) in [7, 11) is 0. The number of carbonyl (C=O) groups is 1. The van der Waals surface area contributed by atoms with Gasteiger partial charge >= 0.3 is 0 Å². The van der Waals surface area contributed by atoms with Crippen molar-refractivity contribution in [3.8, 4) is 6.07 Å². The van der Waals surface area contributed by atoms with Crippen LogP contribution in [0, 0.1) is 11.3 Å². The fraction of sp³-hybridized carbons (Fsp3) is 0.350. The number of nitriles is 1. The van der Waals surface area contributed by atoms with Gasteiger partial charge in [-0.3, -0.25) is 9.78 Å². The molecule has 0 aliphatic carbocycles. The molecule has 0 radical (unpaired) electrons. The van der Waals surface area contributed by atoms with Gasteiger partial charge in [-0.2, -0.15) is 5.26 Å². The van der Waals surface area contributed by atoms with Crippen LogP contribution in [0.4, 0.5) is 5.69 Å². The maximum Gasteiger partial charge on any atom is 0.247 e. The number of anilines is 1. The molecule has 0 aliphatic heterocycles. The van der Waals surface area contributed by atoms with E-state index in [0.29, 0.717) is 6.42 Å². The minimum atomic E-state index is -0.530. The third-order valence-corrected chi connectivity index (χ3v) is 3.57. The van der Waals surface area contributed by atoms with Crippen LogP contribution in [0.3, 0.4) is 0 Å². The summed E-state index contributed by atoms with van der Waals surface area (Å²) in [6.07, 6.45) is 4.61. The Labute approximate surface area is 149 Å². The standard InChI is InChI=1S/C20H24N4O/c1-20(2,3)24-19(25)18(16-7-5-13-22-14-16)23-17-10-8-15(9-11-17)6-4-12-21/h5,7-11,13-14,18,23H,4,6H2,1-3H3,(H,24,25)/t18-/m0/s1. The molecule has 2 N–H and O–H groups in total. The summed E-state index contributed by atoms with van der Waals surface area (Å²) < 4.78 is 0. The number of hydrogen-bond acceptors (Lipinski definition) is 4. The second kappa shape index (κ2) is 8.29. The fourth-order valence-electron chi connectivity index (χ4n) is 2.42. The van der Waals surface area contributed by atoms with Crippen LogP contribution in [0.1, 0.15) is 44.4 Å². The monoisotopic (exact) mass is 336 g/mol. The van der Waals surface area contributed by atoms with E-state index in [0.717, 1.165) is 23.2 Å². The van der Waals surface area contributed by atoms with E-state index in [1.807, 2.05) is 57.2 Å². The van der Waals surface area contributed by atoms with E-state index in [-0.39, 0.29) is 11.4 Å². The molecule has 2 aromatic rings. The Morgan fingerprint density at radius 1 is 1.24 bits per heavy atom. The Morgan fingerprint density at radius 3 is 2.52 bits per heavy atom. The average molecular weight is 336 g/mol. The predicted octanol–water partition coefficient (Wildman–Crippen LogP) is 3.61. The van der Waals surface area contributed by atoms with E-state index in [1.54, 1.807) is 12.4 Å².